The van der Waals surface area contributed by atoms with Gasteiger partial charge in [0.1, 0.15) is 17.6 Å². The molecule has 30 heavy (non-hydrogen) atoms. The van der Waals surface area contributed by atoms with Crippen LogP contribution in [0.25, 0.3) is 0 Å². The molecule has 2 atom stereocenters. The number of hydrogen-bond donors (Lipinski definition) is 1. The van der Waals surface area contributed by atoms with Crippen molar-refractivity contribution in [3.8, 4) is 11.5 Å². The van der Waals surface area contributed by atoms with E-state index in [0.717, 1.165) is 50.4 Å². The fourth-order valence-electron chi connectivity index (χ4n) is 5.08. The number of benzene rings is 2. The lowest BCUT2D eigenvalue weighted by molar-refractivity contribution is 0.103. The average Bonchev–Trinajstić information content (AvgIpc) is 2.79. The summed E-state index contributed by atoms with van der Waals surface area (Å²) in [7, 11) is 3.94. The predicted octanol–water partition coefficient (Wildman–Crippen LogP) is 4.82. The molecular weight excluding hydrogens is 372 g/mol. The Morgan fingerprint density at radius 1 is 1.07 bits per heavy atom. The second kappa shape index (κ2) is 9.84. The maximum absolute atomic E-state index is 6.65. The van der Waals surface area contributed by atoms with Gasteiger partial charge < -0.3 is 14.8 Å². The van der Waals surface area contributed by atoms with E-state index in [2.05, 4.69) is 66.7 Å². The highest BCUT2D eigenvalue weighted by Gasteiger charge is 2.28. The van der Waals surface area contributed by atoms with Crippen LogP contribution in [0.5, 0.6) is 11.5 Å². The van der Waals surface area contributed by atoms with Gasteiger partial charge in [-0.25, -0.2) is 0 Å². The Bertz CT molecular complexity index is 814. The lowest BCUT2D eigenvalue weighted by Gasteiger charge is -2.36. The van der Waals surface area contributed by atoms with Gasteiger partial charge in [0.25, 0.3) is 0 Å². The van der Waals surface area contributed by atoms with E-state index in [4.69, 9.17) is 9.47 Å². The van der Waals surface area contributed by atoms with Gasteiger partial charge in [0.2, 0.25) is 0 Å². The first-order valence-electron chi connectivity index (χ1n) is 11.5. The Balaban J connectivity index is 1.60. The molecule has 4 heteroatoms. The molecule has 1 N–H and O–H groups in total. The Hall–Kier alpha value is -2.04. The molecule has 0 amide bonds. The van der Waals surface area contributed by atoms with E-state index in [1.54, 1.807) is 7.11 Å². The first kappa shape index (κ1) is 21.2. The Morgan fingerprint density at radius 3 is 2.50 bits per heavy atom. The van der Waals surface area contributed by atoms with Crippen molar-refractivity contribution in [3.05, 3.63) is 59.2 Å². The van der Waals surface area contributed by atoms with E-state index in [1.165, 1.54) is 29.5 Å². The van der Waals surface area contributed by atoms with Gasteiger partial charge >= 0.3 is 0 Å². The minimum atomic E-state index is 0.256. The van der Waals surface area contributed by atoms with Crippen LogP contribution in [0.3, 0.4) is 0 Å². The van der Waals surface area contributed by atoms with Crippen molar-refractivity contribution in [2.24, 2.45) is 5.92 Å². The van der Waals surface area contributed by atoms with E-state index >= 15 is 0 Å². The van der Waals surface area contributed by atoms with Gasteiger partial charge in [0, 0.05) is 6.54 Å². The second-order valence-electron chi connectivity index (χ2n) is 8.80. The number of rotatable bonds is 7. The van der Waals surface area contributed by atoms with Crippen LogP contribution in [0.1, 0.15) is 55.3 Å². The molecule has 0 aliphatic carbocycles. The number of piperidine rings is 1. The predicted molar refractivity (Wildman–Crippen MR) is 123 cm³/mol. The molecule has 0 saturated carbocycles. The van der Waals surface area contributed by atoms with E-state index in [9.17, 15) is 0 Å². The van der Waals surface area contributed by atoms with Gasteiger partial charge in [-0.1, -0.05) is 31.5 Å². The van der Waals surface area contributed by atoms with Crippen molar-refractivity contribution in [1.82, 2.24) is 10.2 Å². The van der Waals surface area contributed by atoms with Crippen LogP contribution >= 0.6 is 0 Å². The molecule has 1 fully saturated rings. The Kier molecular flexibility index (Phi) is 6.96. The standard InChI is InChI=1S/C26H36N2O2/c1-4-5-25(20-12-15-27-16-13-20)30-23-11-6-19-14-17-28(2)26(24(19)18-23)21-7-9-22(29-3)10-8-21/h6-11,18,20,25-27H,4-5,12-17H2,1-3H3. The molecule has 2 aromatic rings. The van der Waals surface area contributed by atoms with Crippen molar-refractivity contribution in [3.63, 3.8) is 0 Å². The zero-order valence-corrected chi connectivity index (χ0v) is 18.7. The van der Waals surface area contributed by atoms with Crippen molar-refractivity contribution in [2.75, 3.05) is 33.8 Å². The topological polar surface area (TPSA) is 33.7 Å². The average molecular weight is 409 g/mol. The van der Waals surface area contributed by atoms with Crippen molar-refractivity contribution in [1.29, 1.82) is 0 Å². The maximum Gasteiger partial charge on any atom is 0.120 e. The molecule has 4 rings (SSSR count). The number of likely N-dealkylation sites (N-methyl/N-ethyl adjacent to an activating group) is 1. The molecule has 0 spiro atoms. The van der Waals surface area contributed by atoms with Gasteiger partial charge in [-0.3, -0.25) is 4.90 Å². The van der Waals surface area contributed by atoms with Crippen LogP contribution in [0.2, 0.25) is 0 Å². The summed E-state index contributed by atoms with van der Waals surface area (Å²) < 4.78 is 12.0. The van der Waals surface area contributed by atoms with Crippen molar-refractivity contribution >= 4 is 0 Å². The normalized spacial score (nSPS) is 21.1. The fourth-order valence-corrected chi connectivity index (χ4v) is 5.08. The fraction of sp³-hybridized carbons (Fsp3) is 0.538. The number of ether oxygens (including phenoxy) is 2. The second-order valence-corrected chi connectivity index (χ2v) is 8.80. The smallest absolute Gasteiger partial charge is 0.120 e. The van der Waals surface area contributed by atoms with Crippen LogP contribution in [0, 0.1) is 5.92 Å². The lowest BCUT2D eigenvalue weighted by atomic mass is 9.88. The third-order valence-electron chi connectivity index (χ3n) is 6.79. The highest BCUT2D eigenvalue weighted by molar-refractivity contribution is 5.45. The summed E-state index contributed by atoms with van der Waals surface area (Å²) in [6, 6.07) is 15.6. The minimum absolute atomic E-state index is 0.256. The summed E-state index contributed by atoms with van der Waals surface area (Å²) >= 11 is 0. The number of methoxy groups -OCH3 is 1. The molecule has 1 saturated heterocycles. The Labute approximate surface area is 181 Å². The van der Waals surface area contributed by atoms with Crippen LogP contribution in [0.4, 0.5) is 0 Å². The van der Waals surface area contributed by atoms with Gasteiger partial charge in [-0.2, -0.15) is 0 Å². The molecule has 162 valence electrons. The van der Waals surface area contributed by atoms with E-state index in [0.29, 0.717) is 12.0 Å². The van der Waals surface area contributed by atoms with E-state index < -0.39 is 0 Å². The molecule has 0 aromatic heterocycles. The third-order valence-corrected chi connectivity index (χ3v) is 6.79. The summed E-state index contributed by atoms with van der Waals surface area (Å²) in [4.78, 5) is 2.45. The van der Waals surface area contributed by atoms with Crippen LogP contribution in [-0.4, -0.2) is 44.8 Å². The quantitative estimate of drug-likeness (QED) is 0.712. The van der Waals surface area contributed by atoms with Crippen LogP contribution < -0.4 is 14.8 Å². The monoisotopic (exact) mass is 408 g/mol. The van der Waals surface area contributed by atoms with E-state index in [-0.39, 0.29) is 6.04 Å². The van der Waals surface area contributed by atoms with Gasteiger partial charge in [0.15, 0.2) is 0 Å². The first-order chi connectivity index (χ1) is 14.7. The zero-order chi connectivity index (χ0) is 20.9. The summed E-state index contributed by atoms with van der Waals surface area (Å²) in [6.07, 6.45) is 6.13. The van der Waals surface area contributed by atoms with Crippen LogP contribution in [-0.2, 0) is 6.42 Å². The highest BCUT2D eigenvalue weighted by atomic mass is 16.5. The molecule has 0 radical (unpaired) electrons. The maximum atomic E-state index is 6.65. The minimum Gasteiger partial charge on any atom is -0.497 e. The summed E-state index contributed by atoms with van der Waals surface area (Å²) in [5.74, 6) is 2.58. The largest absolute Gasteiger partial charge is 0.497 e. The summed E-state index contributed by atoms with van der Waals surface area (Å²) in [6.45, 7) is 5.56. The van der Waals surface area contributed by atoms with Gasteiger partial charge in [-0.05, 0) is 92.7 Å². The summed E-state index contributed by atoms with van der Waals surface area (Å²) in [5, 5.41) is 3.48. The van der Waals surface area contributed by atoms with Gasteiger partial charge in [0.05, 0.1) is 13.2 Å². The number of nitrogens with one attached hydrogen (secondary N) is 1. The molecule has 0 bridgehead atoms. The highest BCUT2D eigenvalue weighted by Crippen LogP contribution is 2.37. The molecule has 2 heterocycles. The molecular formula is C26H36N2O2. The third kappa shape index (κ3) is 4.65. The lowest BCUT2D eigenvalue weighted by Crippen LogP contribution is -2.37. The van der Waals surface area contributed by atoms with E-state index in [1.807, 2.05) is 0 Å². The van der Waals surface area contributed by atoms with Crippen molar-refractivity contribution < 1.29 is 9.47 Å². The molecule has 2 aliphatic rings. The SMILES string of the molecule is CCCC(Oc1ccc2c(c1)C(c1ccc(OC)cc1)N(C)CC2)C1CCNCC1. The van der Waals surface area contributed by atoms with Crippen LogP contribution in [0.15, 0.2) is 42.5 Å². The molecule has 4 nitrogen and oxygen atoms in total. The number of hydrogen-bond acceptors (Lipinski definition) is 4. The molecule has 2 unspecified atom stereocenters. The number of nitrogens with zero attached hydrogens (tertiary/aromatic N) is 1. The van der Waals surface area contributed by atoms with Gasteiger partial charge in [-0.15, -0.1) is 0 Å². The zero-order valence-electron chi connectivity index (χ0n) is 18.7. The molecule has 2 aliphatic heterocycles. The number of fused-ring (bicyclic) bond motifs is 1. The van der Waals surface area contributed by atoms with Crippen molar-refractivity contribution in [2.45, 2.75) is 51.2 Å². The summed E-state index contributed by atoms with van der Waals surface area (Å²) in [5.41, 5.74) is 4.13. The first-order valence-corrected chi connectivity index (χ1v) is 11.5. The molecule has 2 aromatic carbocycles. The Morgan fingerprint density at radius 2 is 1.80 bits per heavy atom.